The van der Waals surface area contributed by atoms with Crippen molar-refractivity contribution in [1.29, 1.82) is 5.26 Å². The smallest absolute Gasteiger partial charge is 0.318 e. The van der Waals surface area contributed by atoms with E-state index in [0.29, 0.717) is 38.0 Å². The molecule has 41 heavy (non-hydrogen) atoms. The van der Waals surface area contributed by atoms with E-state index in [-0.39, 0.29) is 34.9 Å². The van der Waals surface area contributed by atoms with Gasteiger partial charge in [-0.2, -0.15) is 15.2 Å². The van der Waals surface area contributed by atoms with Gasteiger partial charge in [0.15, 0.2) is 5.82 Å². The highest BCUT2D eigenvalue weighted by atomic mass is 19.3. The van der Waals surface area contributed by atoms with E-state index in [4.69, 9.17) is 10.00 Å². The van der Waals surface area contributed by atoms with Crippen LogP contribution in [0.4, 0.5) is 27.8 Å². The van der Waals surface area contributed by atoms with Crippen LogP contribution in [0.2, 0.25) is 0 Å². The first-order valence-corrected chi connectivity index (χ1v) is 13.5. The van der Waals surface area contributed by atoms with Crippen molar-refractivity contribution >= 4 is 16.7 Å². The number of ether oxygens (including phenoxy) is 1. The number of aromatic nitrogens is 3. The molecule has 1 aromatic carbocycles. The van der Waals surface area contributed by atoms with Gasteiger partial charge in [0.25, 0.3) is 6.43 Å². The van der Waals surface area contributed by atoms with Crippen LogP contribution in [-0.2, 0) is 0 Å². The molecule has 0 radical (unpaired) electrons. The third kappa shape index (κ3) is 6.18. The van der Waals surface area contributed by atoms with Gasteiger partial charge in [-0.05, 0) is 44.0 Å². The van der Waals surface area contributed by atoms with E-state index >= 15 is 4.39 Å². The van der Waals surface area contributed by atoms with E-state index in [2.05, 4.69) is 31.2 Å². The van der Waals surface area contributed by atoms with E-state index in [1.54, 1.807) is 0 Å². The summed E-state index contributed by atoms with van der Waals surface area (Å²) >= 11 is 0. The Bertz CT molecular complexity index is 1420. The molecule has 13 heteroatoms. The number of piperazine rings is 1. The summed E-state index contributed by atoms with van der Waals surface area (Å²) in [5.41, 5.74) is -1.52. The third-order valence-corrected chi connectivity index (χ3v) is 7.68. The number of methoxy groups -OCH3 is 1. The van der Waals surface area contributed by atoms with E-state index in [0.717, 1.165) is 31.2 Å². The summed E-state index contributed by atoms with van der Waals surface area (Å²) in [5, 5.41) is 12.5. The van der Waals surface area contributed by atoms with Gasteiger partial charge in [-0.15, -0.1) is 0 Å². The zero-order valence-electron chi connectivity index (χ0n) is 22.5. The fourth-order valence-electron chi connectivity index (χ4n) is 5.76. The fourth-order valence-corrected chi connectivity index (χ4v) is 5.76. The second kappa shape index (κ2) is 12.5. The van der Waals surface area contributed by atoms with Crippen molar-refractivity contribution in [3.05, 3.63) is 41.6 Å². The minimum atomic E-state index is -2.95. The highest BCUT2D eigenvalue weighted by Gasteiger charge is 2.34. The van der Waals surface area contributed by atoms with Crippen LogP contribution in [0, 0.1) is 23.0 Å². The van der Waals surface area contributed by atoms with Crippen molar-refractivity contribution in [2.45, 2.75) is 50.4 Å². The number of halogens is 5. The Morgan fingerprint density at radius 2 is 2.02 bits per heavy atom. The molecule has 2 aromatic heterocycles. The first-order chi connectivity index (χ1) is 19.8. The van der Waals surface area contributed by atoms with Gasteiger partial charge in [0.05, 0.1) is 25.0 Å². The Labute approximate surface area is 234 Å². The van der Waals surface area contributed by atoms with Crippen LogP contribution in [0.25, 0.3) is 22.2 Å². The minimum Gasteiger partial charge on any atom is -0.467 e. The largest absolute Gasteiger partial charge is 0.467 e. The predicted octanol–water partition coefficient (Wildman–Crippen LogP) is 4.80. The molecule has 3 aliphatic rings. The van der Waals surface area contributed by atoms with E-state index in [1.165, 1.54) is 26.1 Å². The van der Waals surface area contributed by atoms with Gasteiger partial charge in [-0.25, -0.2) is 22.0 Å². The Kier molecular flexibility index (Phi) is 8.79. The number of benzene rings is 1. The van der Waals surface area contributed by atoms with Crippen LogP contribution in [0.15, 0.2) is 24.4 Å². The van der Waals surface area contributed by atoms with Crippen LogP contribution in [-0.4, -0.2) is 77.9 Å². The molecule has 0 aliphatic carbocycles. The Morgan fingerprint density at radius 1 is 1.20 bits per heavy atom. The molecule has 5 heterocycles. The molecule has 3 unspecified atom stereocenters. The van der Waals surface area contributed by atoms with Crippen LogP contribution in [0.1, 0.15) is 37.7 Å². The molecule has 0 spiro atoms. The molecule has 3 saturated heterocycles. The molecule has 0 saturated carbocycles. The first kappa shape index (κ1) is 28.9. The number of nitrogens with zero attached hydrogens (tertiary/aromatic N) is 6. The van der Waals surface area contributed by atoms with Crippen molar-refractivity contribution in [3.8, 4) is 23.3 Å². The van der Waals surface area contributed by atoms with Crippen LogP contribution in [0.3, 0.4) is 0 Å². The average Bonchev–Trinajstić information content (AvgIpc) is 3.54. The standard InChI is InChI=1S/C21H18F4N6O.C7H12FN/c1-32-21-29-18-15(20(30-21)31-7-6-27-12(10-31)4-5-26)9-28-17(16(18)23)14-8-11(22)2-3-13(14)19(24)25;8-6-4-7-2-1-3-9(7)5-6/h2-3,8-9,12,19,27H,4,6-7,10H2,1H3;6-7H,1-5H2. The summed E-state index contributed by atoms with van der Waals surface area (Å²) in [4.78, 5) is 16.6. The van der Waals surface area contributed by atoms with Gasteiger partial charge in [-0.1, -0.05) is 0 Å². The average molecular weight is 576 g/mol. The molecular weight excluding hydrogens is 545 g/mol. The van der Waals surface area contributed by atoms with Crippen molar-refractivity contribution in [3.63, 3.8) is 0 Å². The Balaban J connectivity index is 0.000000315. The Morgan fingerprint density at radius 3 is 2.76 bits per heavy atom. The predicted molar refractivity (Wildman–Crippen MR) is 143 cm³/mol. The number of nitrogens with one attached hydrogen (secondary N) is 1. The van der Waals surface area contributed by atoms with E-state index in [1.807, 2.05) is 4.90 Å². The van der Waals surface area contributed by atoms with Crippen LogP contribution < -0.4 is 15.0 Å². The summed E-state index contributed by atoms with van der Waals surface area (Å²) in [6.07, 6.45) is 1.43. The monoisotopic (exact) mass is 575 g/mol. The van der Waals surface area contributed by atoms with Crippen LogP contribution in [0.5, 0.6) is 6.01 Å². The van der Waals surface area contributed by atoms with Gasteiger partial charge in [0.2, 0.25) is 0 Å². The molecule has 0 bridgehead atoms. The molecule has 218 valence electrons. The lowest BCUT2D eigenvalue weighted by molar-refractivity contribution is 0.152. The normalized spacial score (nSPS) is 22.4. The highest BCUT2D eigenvalue weighted by molar-refractivity contribution is 5.92. The van der Waals surface area contributed by atoms with Gasteiger partial charge in [0, 0.05) is 55.6 Å². The van der Waals surface area contributed by atoms with Crippen molar-refractivity contribution in [1.82, 2.24) is 25.2 Å². The number of alkyl halides is 3. The number of rotatable bonds is 5. The summed E-state index contributed by atoms with van der Waals surface area (Å²) in [7, 11) is 1.32. The maximum atomic E-state index is 15.5. The topological polar surface area (TPSA) is 90.2 Å². The van der Waals surface area contributed by atoms with Gasteiger partial charge in [0.1, 0.15) is 29.0 Å². The maximum Gasteiger partial charge on any atom is 0.318 e. The van der Waals surface area contributed by atoms with E-state index < -0.39 is 35.5 Å². The van der Waals surface area contributed by atoms with E-state index in [9.17, 15) is 17.6 Å². The fraction of sp³-hybridized carbons (Fsp3) is 0.500. The molecule has 0 amide bonds. The molecule has 3 aromatic rings. The minimum absolute atomic E-state index is 0.109. The second-order valence-corrected chi connectivity index (χ2v) is 10.3. The SMILES string of the molecule is COc1nc(N2CCNC(CC#N)C2)c2cnc(-c3cc(F)ccc3C(F)F)c(F)c2n1.FC1CC2CCCN2C1. The van der Waals surface area contributed by atoms with Gasteiger partial charge < -0.3 is 15.0 Å². The second-order valence-electron chi connectivity index (χ2n) is 10.3. The summed E-state index contributed by atoms with van der Waals surface area (Å²) in [6, 6.07) is 5.11. The number of hydrogen-bond donors (Lipinski definition) is 1. The zero-order chi connectivity index (χ0) is 29.1. The molecule has 3 atom stereocenters. The van der Waals surface area contributed by atoms with Crippen molar-refractivity contribution in [2.24, 2.45) is 0 Å². The van der Waals surface area contributed by atoms with Gasteiger partial charge >= 0.3 is 6.01 Å². The van der Waals surface area contributed by atoms with Gasteiger partial charge in [-0.3, -0.25) is 9.88 Å². The number of anilines is 1. The lowest BCUT2D eigenvalue weighted by Gasteiger charge is -2.34. The number of hydrogen-bond acceptors (Lipinski definition) is 8. The molecule has 3 fully saturated rings. The molecule has 8 nitrogen and oxygen atoms in total. The first-order valence-electron chi connectivity index (χ1n) is 13.5. The van der Waals surface area contributed by atoms with Crippen molar-refractivity contribution < 1.29 is 26.7 Å². The quantitative estimate of drug-likeness (QED) is 0.434. The third-order valence-electron chi connectivity index (χ3n) is 7.68. The lowest BCUT2D eigenvalue weighted by atomic mass is 10.0. The lowest BCUT2D eigenvalue weighted by Crippen LogP contribution is -2.51. The summed E-state index contributed by atoms with van der Waals surface area (Å²) in [6.45, 7) is 3.40. The highest BCUT2D eigenvalue weighted by Crippen LogP contribution is 2.36. The maximum absolute atomic E-state index is 15.5. The summed E-state index contributed by atoms with van der Waals surface area (Å²) < 4.78 is 74.0. The van der Waals surface area contributed by atoms with Crippen molar-refractivity contribution in [2.75, 3.05) is 44.7 Å². The number of nitriles is 1. The summed E-state index contributed by atoms with van der Waals surface area (Å²) in [5.74, 6) is -1.43. The molecule has 1 N–H and O–H groups in total. The molecule has 3 aliphatic heterocycles. The number of pyridine rings is 1. The molecular formula is C28H30F5N7O. The zero-order valence-corrected chi connectivity index (χ0v) is 22.5. The van der Waals surface area contributed by atoms with Crippen LogP contribution >= 0.6 is 0 Å². The number of fused-ring (bicyclic) bond motifs is 2. The molecule has 6 rings (SSSR count). The Hall–Kier alpha value is -3.63.